The van der Waals surface area contributed by atoms with Crippen molar-refractivity contribution in [3.05, 3.63) is 120 Å². The van der Waals surface area contributed by atoms with Gasteiger partial charge in [0.05, 0.1) is 19.8 Å². The van der Waals surface area contributed by atoms with Crippen LogP contribution in [0.3, 0.4) is 0 Å². The van der Waals surface area contributed by atoms with Crippen LogP contribution in [-0.2, 0) is 43.5 Å². The molecular weight excluding hydrogens is 428 g/mol. The highest BCUT2D eigenvalue weighted by Gasteiger charge is 2.39. The molecule has 0 aliphatic heterocycles. The molecule has 1 aliphatic rings. The molecule has 0 unspecified atom stereocenters. The highest BCUT2D eigenvalue weighted by molar-refractivity contribution is 5.17. The summed E-state index contributed by atoms with van der Waals surface area (Å²) in [7, 11) is 1.61. The predicted molar refractivity (Wildman–Crippen MR) is 131 cm³/mol. The Morgan fingerprint density at radius 1 is 0.500 bits per heavy atom. The van der Waals surface area contributed by atoms with E-state index in [1.165, 1.54) is 0 Å². The molecule has 4 rings (SSSR count). The van der Waals surface area contributed by atoms with Crippen LogP contribution in [0.4, 0.5) is 0 Å². The van der Waals surface area contributed by atoms with Crippen molar-refractivity contribution in [1.82, 2.24) is 0 Å². The molecule has 178 valence electrons. The SMILES string of the molecule is COCO[C@@H]1C=C[C@H](OCc2ccccc2)[C@@H](OCc2ccccc2)[C@H]1OCc1ccccc1. The Balaban J connectivity index is 1.53. The lowest BCUT2D eigenvalue weighted by atomic mass is 9.95. The van der Waals surface area contributed by atoms with E-state index >= 15 is 0 Å². The number of ether oxygens (including phenoxy) is 5. The van der Waals surface area contributed by atoms with E-state index in [1.807, 2.05) is 78.9 Å². The van der Waals surface area contributed by atoms with E-state index in [2.05, 4.69) is 24.3 Å². The topological polar surface area (TPSA) is 46.2 Å². The number of hydrogen-bond donors (Lipinski definition) is 0. The molecule has 0 N–H and O–H groups in total. The monoisotopic (exact) mass is 460 g/mol. The molecule has 0 aromatic heterocycles. The highest BCUT2D eigenvalue weighted by Crippen LogP contribution is 2.27. The molecule has 0 saturated carbocycles. The van der Waals surface area contributed by atoms with Crippen LogP contribution < -0.4 is 0 Å². The zero-order valence-corrected chi connectivity index (χ0v) is 19.5. The van der Waals surface area contributed by atoms with E-state index < -0.39 is 0 Å². The summed E-state index contributed by atoms with van der Waals surface area (Å²) in [5.74, 6) is 0. The van der Waals surface area contributed by atoms with E-state index in [0.29, 0.717) is 19.8 Å². The number of rotatable bonds is 12. The van der Waals surface area contributed by atoms with Crippen molar-refractivity contribution in [3.63, 3.8) is 0 Å². The summed E-state index contributed by atoms with van der Waals surface area (Å²) in [6, 6.07) is 30.4. The molecule has 0 radical (unpaired) electrons. The quantitative estimate of drug-likeness (QED) is 0.271. The van der Waals surface area contributed by atoms with Crippen molar-refractivity contribution in [2.45, 2.75) is 44.2 Å². The third-order valence-electron chi connectivity index (χ3n) is 5.70. The fourth-order valence-electron chi connectivity index (χ4n) is 3.94. The minimum Gasteiger partial charge on any atom is -0.368 e. The normalized spacial score (nSPS) is 22.0. The summed E-state index contributed by atoms with van der Waals surface area (Å²) in [6.07, 6.45) is 2.67. The van der Waals surface area contributed by atoms with E-state index in [-0.39, 0.29) is 31.2 Å². The van der Waals surface area contributed by atoms with Gasteiger partial charge in [-0.15, -0.1) is 0 Å². The summed E-state index contributed by atoms with van der Waals surface area (Å²) >= 11 is 0. The van der Waals surface area contributed by atoms with Gasteiger partial charge < -0.3 is 23.7 Å². The first-order chi connectivity index (χ1) is 16.8. The molecule has 3 aromatic rings. The third-order valence-corrected chi connectivity index (χ3v) is 5.70. The summed E-state index contributed by atoms with van der Waals surface area (Å²) in [6.45, 7) is 1.55. The molecule has 0 heterocycles. The van der Waals surface area contributed by atoms with Gasteiger partial charge >= 0.3 is 0 Å². The van der Waals surface area contributed by atoms with Gasteiger partial charge in [-0.2, -0.15) is 0 Å². The second kappa shape index (κ2) is 13.2. The highest BCUT2D eigenvalue weighted by atomic mass is 16.7. The molecule has 4 atom stereocenters. The Hall–Kier alpha value is -2.80. The molecule has 0 amide bonds. The van der Waals surface area contributed by atoms with Gasteiger partial charge in [-0.25, -0.2) is 0 Å². The maximum absolute atomic E-state index is 6.46. The van der Waals surface area contributed by atoms with Gasteiger partial charge in [0.2, 0.25) is 0 Å². The smallest absolute Gasteiger partial charge is 0.147 e. The van der Waals surface area contributed by atoms with Crippen molar-refractivity contribution in [3.8, 4) is 0 Å². The number of methoxy groups -OCH3 is 1. The molecular formula is C29H32O5. The molecule has 5 nitrogen and oxygen atoms in total. The van der Waals surface area contributed by atoms with E-state index in [9.17, 15) is 0 Å². The Kier molecular flexibility index (Phi) is 9.43. The Morgan fingerprint density at radius 2 is 0.882 bits per heavy atom. The Morgan fingerprint density at radius 3 is 1.29 bits per heavy atom. The van der Waals surface area contributed by atoms with E-state index in [1.54, 1.807) is 7.11 Å². The fourth-order valence-corrected chi connectivity index (χ4v) is 3.94. The van der Waals surface area contributed by atoms with Gasteiger partial charge in [-0.05, 0) is 16.7 Å². The Bertz CT molecular complexity index is 977. The molecule has 0 fully saturated rings. The maximum atomic E-state index is 6.46. The van der Waals surface area contributed by atoms with Crippen molar-refractivity contribution >= 4 is 0 Å². The van der Waals surface area contributed by atoms with Gasteiger partial charge in [0.1, 0.15) is 31.2 Å². The summed E-state index contributed by atoms with van der Waals surface area (Å²) in [5.41, 5.74) is 3.29. The minimum atomic E-state index is -0.371. The predicted octanol–water partition coefficient (Wildman–Crippen LogP) is 5.30. The largest absolute Gasteiger partial charge is 0.368 e. The van der Waals surface area contributed by atoms with Crippen LogP contribution in [0.15, 0.2) is 103 Å². The summed E-state index contributed by atoms with van der Waals surface area (Å²) in [5, 5.41) is 0. The van der Waals surface area contributed by atoms with Crippen LogP contribution in [0.1, 0.15) is 16.7 Å². The van der Waals surface area contributed by atoms with Gasteiger partial charge in [0, 0.05) is 7.11 Å². The molecule has 0 saturated heterocycles. The van der Waals surface area contributed by atoms with Crippen LogP contribution in [0, 0.1) is 0 Å². The molecule has 1 aliphatic carbocycles. The van der Waals surface area contributed by atoms with E-state index in [4.69, 9.17) is 23.7 Å². The zero-order chi connectivity index (χ0) is 23.4. The lowest BCUT2D eigenvalue weighted by molar-refractivity contribution is -0.191. The second-order valence-electron chi connectivity index (χ2n) is 8.21. The van der Waals surface area contributed by atoms with Gasteiger partial charge in [0.25, 0.3) is 0 Å². The van der Waals surface area contributed by atoms with Crippen molar-refractivity contribution in [1.29, 1.82) is 0 Å². The van der Waals surface area contributed by atoms with Crippen LogP contribution in [-0.4, -0.2) is 38.3 Å². The van der Waals surface area contributed by atoms with Gasteiger partial charge in [0.15, 0.2) is 0 Å². The van der Waals surface area contributed by atoms with Crippen molar-refractivity contribution < 1.29 is 23.7 Å². The van der Waals surface area contributed by atoms with E-state index in [0.717, 1.165) is 16.7 Å². The van der Waals surface area contributed by atoms with Crippen molar-refractivity contribution in [2.24, 2.45) is 0 Å². The maximum Gasteiger partial charge on any atom is 0.147 e. The van der Waals surface area contributed by atoms with Crippen molar-refractivity contribution in [2.75, 3.05) is 13.9 Å². The molecule has 0 spiro atoms. The van der Waals surface area contributed by atoms with Crippen LogP contribution in [0.5, 0.6) is 0 Å². The molecule has 5 heteroatoms. The first-order valence-corrected chi connectivity index (χ1v) is 11.6. The third kappa shape index (κ3) is 7.10. The fraction of sp³-hybridized carbons (Fsp3) is 0.310. The molecule has 3 aromatic carbocycles. The van der Waals surface area contributed by atoms with Gasteiger partial charge in [-0.3, -0.25) is 0 Å². The summed E-state index contributed by atoms with van der Waals surface area (Å²) < 4.78 is 30.3. The van der Waals surface area contributed by atoms with Crippen LogP contribution >= 0.6 is 0 Å². The Labute approximate surface area is 201 Å². The average molecular weight is 461 g/mol. The number of benzene rings is 3. The molecule has 34 heavy (non-hydrogen) atoms. The lowest BCUT2D eigenvalue weighted by Gasteiger charge is -2.38. The van der Waals surface area contributed by atoms with Gasteiger partial charge in [-0.1, -0.05) is 103 Å². The lowest BCUT2D eigenvalue weighted by Crippen LogP contribution is -2.51. The first-order valence-electron chi connectivity index (χ1n) is 11.6. The summed E-state index contributed by atoms with van der Waals surface area (Å²) in [4.78, 5) is 0. The van der Waals surface area contributed by atoms with Crippen LogP contribution in [0.2, 0.25) is 0 Å². The van der Waals surface area contributed by atoms with Crippen LogP contribution in [0.25, 0.3) is 0 Å². The average Bonchev–Trinajstić information content (AvgIpc) is 2.90. The minimum absolute atomic E-state index is 0.168. The molecule has 0 bridgehead atoms. The zero-order valence-electron chi connectivity index (χ0n) is 19.5. The second-order valence-corrected chi connectivity index (χ2v) is 8.21. The number of hydrogen-bond acceptors (Lipinski definition) is 5. The first kappa shape index (κ1) is 24.3. The standard InChI is InChI=1S/C29H32O5/c1-30-22-34-27-18-17-26(31-19-23-11-5-2-6-12-23)28(32-20-24-13-7-3-8-14-24)29(27)33-21-25-15-9-4-10-16-25/h2-18,26-29H,19-22H2,1H3/t26-,27+,28+,29-/m0/s1.